The standard InChI is InChI=1S/C17H21NO5/c1-22-14-8-4-3-7-12(14)15(19)18-13(16(20)21)11-23-17(18)9-5-2-6-10-17/h3-4,7-8,13H,2,5-6,9-11H2,1H3,(H,20,21). The lowest BCUT2D eigenvalue weighted by Crippen LogP contribution is -2.54. The van der Waals surface area contributed by atoms with Gasteiger partial charge >= 0.3 is 5.97 Å². The molecule has 6 nitrogen and oxygen atoms in total. The Morgan fingerprint density at radius 3 is 2.61 bits per heavy atom. The largest absolute Gasteiger partial charge is 0.496 e. The summed E-state index contributed by atoms with van der Waals surface area (Å²) in [6.45, 7) is 0.0379. The molecule has 2 fully saturated rings. The molecule has 1 heterocycles. The highest BCUT2D eigenvalue weighted by atomic mass is 16.5. The van der Waals surface area contributed by atoms with E-state index in [2.05, 4.69) is 0 Å². The van der Waals surface area contributed by atoms with Crippen LogP contribution in [0.15, 0.2) is 24.3 Å². The van der Waals surface area contributed by atoms with E-state index in [-0.39, 0.29) is 12.5 Å². The normalized spacial score (nSPS) is 23.0. The van der Waals surface area contributed by atoms with Crippen LogP contribution >= 0.6 is 0 Å². The number of hydrogen-bond donors (Lipinski definition) is 1. The number of carbonyl (C=O) groups is 2. The Hall–Kier alpha value is -2.08. The Balaban J connectivity index is 2.00. The minimum atomic E-state index is -1.03. The molecule has 1 aromatic carbocycles. The fourth-order valence-corrected chi connectivity index (χ4v) is 3.61. The molecule has 1 aromatic rings. The van der Waals surface area contributed by atoms with E-state index in [1.165, 1.54) is 12.0 Å². The number of nitrogens with zero attached hydrogens (tertiary/aromatic N) is 1. The fourth-order valence-electron chi connectivity index (χ4n) is 3.61. The number of amides is 1. The Kier molecular flexibility index (Phi) is 4.26. The SMILES string of the molecule is COc1ccccc1C(=O)N1C(C(=O)O)COC12CCCCC2. The van der Waals surface area contributed by atoms with E-state index >= 15 is 0 Å². The lowest BCUT2D eigenvalue weighted by atomic mass is 9.89. The number of methoxy groups -OCH3 is 1. The summed E-state index contributed by atoms with van der Waals surface area (Å²) in [7, 11) is 1.50. The van der Waals surface area contributed by atoms with Crippen molar-refractivity contribution in [1.82, 2.24) is 4.90 Å². The highest BCUT2D eigenvalue weighted by Gasteiger charge is 2.53. The van der Waals surface area contributed by atoms with Gasteiger partial charge in [-0.15, -0.1) is 0 Å². The molecule has 1 atom stereocenters. The van der Waals surface area contributed by atoms with Gasteiger partial charge in [0.2, 0.25) is 0 Å². The second-order valence-corrected chi connectivity index (χ2v) is 6.05. The number of aliphatic carboxylic acids is 1. The van der Waals surface area contributed by atoms with Crippen LogP contribution in [0.4, 0.5) is 0 Å². The van der Waals surface area contributed by atoms with E-state index in [1.54, 1.807) is 24.3 Å². The number of carboxylic acids is 1. The molecule has 0 aromatic heterocycles. The van der Waals surface area contributed by atoms with Crippen molar-refractivity contribution in [2.24, 2.45) is 0 Å². The fraction of sp³-hybridized carbons (Fsp3) is 0.529. The third-order valence-electron chi connectivity index (χ3n) is 4.74. The number of hydrogen-bond acceptors (Lipinski definition) is 4. The summed E-state index contributed by atoms with van der Waals surface area (Å²) >= 11 is 0. The Morgan fingerprint density at radius 2 is 1.96 bits per heavy atom. The molecule has 1 amide bonds. The summed E-state index contributed by atoms with van der Waals surface area (Å²) in [5.74, 6) is -0.926. The van der Waals surface area contributed by atoms with Crippen molar-refractivity contribution < 1.29 is 24.2 Å². The van der Waals surface area contributed by atoms with Gasteiger partial charge in [-0.3, -0.25) is 9.69 Å². The molecule has 1 spiro atoms. The van der Waals surface area contributed by atoms with E-state index < -0.39 is 17.7 Å². The van der Waals surface area contributed by atoms with Crippen molar-refractivity contribution in [2.45, 2.75) is 43.9 Å². The number of benzene rings is 1. The molecule has 6 heteroatoms. The topological polar surface area (TPSA) is 76.1 Å². The average molecular weight is 319 g/mol. The first-order chi connectivity index (χ1) is 11.1. The van der Waals surface area contributed by atoms with Gasteiger partial charge < -0.3 is 14.6 Å². The highest BCUT2D eigenvalue weighted by Crippen LogP contribution is 2.42. The van der Waals surface area contributed by atoms with Crippen molar-refractivity contribution in [3.8, 4) is 5.75 Å². The first-order valence-corrected chi connectivity index (χ1v) is 7.92. The van der Waals surface area contributed by atoms with Crippen molar-refractivity contribution in [3.05, 3.63) is 29.8 Å². The van der Waals surface area contributed by atoms with Gasteiger partial charge in [0.1, 0.15) is 11.5 Å². The zero-order chi connectivity index (χ0) is 16.4. The van der Waals surface area contributed by atoms with Crippen LogP contribution in [0.3, 0.4) is 0 Å². The molecule has 1 saturated heterocycles. The number of para-hydroxylation sites is 1. The molecule has 2 aliphatic rings. The predicted octanol–water partition coefficient (Wildman–Crippen LogP) is 2.28. The van der Waals surface area contributed by atoms with E-state index in [4.69, 9.17) is 9.47 Å². The second kappa shape index (κ2) is 6.20. The molecular formula is C17H21NO5. The van der Waals surface area contributed by atoms with Crippen molar-refractivity contribution in [3.63, 3.8) is 0 Å². The van der Waals surface area contributed by atoms with Crippen LogP contribution in [0.25, 0.3) is 0 Å². The third-order valence-corrected chi connectivity index (χ3v) is 4.74. The molecule has 1 aliphatic heterocycles. The van der Waals surface area contributed by atoms with Crippen molar-refractivity contribution in [2.75, 3.05) is 13.7 Å². The summed E-state index contributed by atoms with van der Waals surface area (Å²) in [5, 5.41) is 9.51. The maximum atomic E-state index is 13.1. The number of carboxylic acid groups (broad SMARTS) is 1. The number of rotatable bonds is 3. The van der Waals surface area contributed by atoms with Gasteiger partial charge in [-0.2, -0.15) is 0 Å². The van der Waals surface area contributed by atoms with E-state index in [0.29, 0.717) is 24.2 Å². The Labute approximate surface area is 135 Å². The minimum Gasteiger partial charge on any atom is -0.496 e. The monoisotopic (exact) mass is 319 g/mol. The van der Waals surface area contributed by atoms with Gasteiger partial charge in [0.05, 0.1) is 19.3 Å². The van der Waals surface area contributed by atoms with E-state index in [9.17, 15) is 14.7 Å². The maximum absolute atomic E-state index is 13.1. The van der Waals surface area contributed by atoms with Gasteiger partial charge in [0.15, 0.2) is 6.04 Å². The van der Waals surface area contributed by atoms with E-state index in [1.807, 2.05) is 0 Å². The Morgan fingerprint density at radius 1 is 1.26 bits per heavy atom. The van der Waals surface area contributed by atoms with Gasteiger partial charge in [0.25, 0.3) is 5.91 Å². The van der Waals surface area contributed by atoms with Crippen LogP contribution in [0, 0.1) is 0 Å². The average Bonchev–Trinajstić information content (AvgIpc) is 2.93. The number of ether oxygens (including phenoxy) is 2. The van der Waals surface area contributed by atoms with Crippen molar-refractivity contribution >= 4 is 11.9 Å². The zero-order valence-corrected chi connectivity index (χ0v) is 13.2. The van der Waals surface area contributed by atoms with Gasteiger partial charge in [-0.25, -0.2) is 4.79 Å². The van der Waals surface area contributed by atoms with Crippen LogP contribution in [0.5, 0.6) is 5.75 Å². The smallest absolute Gasteiger partial charge is 0.328 e. The molecular weight excluding hydrogens is 298 g/mol. The molecule has 23 heavy (non-hydrogen) atoms. The summed E-state index contributed by atoms with van der Waals surface area (Å²) in [6.07, 6.45) is 4.30. The van der Waals surface area contributed by atoms with Crippen molar-refractivity contribution in [1.29, 1.82) is 0 Å². The van der Waals surface area contributed by atoms with Crippen LogP contribution in [0.1, 0.15) is 42.5 Å². The molecule has 1 saturated carbocycles. The predicted molar refractivity (Wildman–Crippen MR) is 82.4 cm³/mol. The summed E-state index contributed by atoms with van der Waals surface area (Å²) in [5.41, 5.74) is -0.420. The van der Waals surface area contributed by atoms with Gasteiger partial charge in [-0.05, 0) is 37.8 Å². The zero-order valence-electron chi connectivity index (χ0n) is 13.2. The quantitative estimate of drug-likeness (QED) is 0.925. The molecule has 124 valence electrons. The lowest BCUT2D eigenvalue weighted by Gasteiger charge is -2.41. The first-order valence-electron chi connectivity index (χ1n) is 7.92. The molecule has 1 N–H and O–H groups in total. The first kappa shape index (κ1) is 15.8. The second-order valence-electron chi connectivity index (χ2n) is 6.05. The highest BCUT2D eigenvalue weighted by molar-refractivity contribution is 5.99. The maximum Gasteiger partial charge on any atom is 0.328 e. The Bertz CT molecular complexity index is 609. The summed E-state index contributed by atoms with van der Waals surface area (Å²) in [4.78, 5) is 26.2. The minimum absolute atomic E-state index is 0.0379. The number of carbonyl (C=O) groups excluding carboxylic acids is 1. The van der Waals surface area contributed by atoms with Gasteiger partial charge in [0, 0.05) is 0 Å². The third kappa shape index (κ3) is 2.67. The van der Waals surface area contributed by atoms with Gasteiger partial charge in [-0.1, -0.05) is 18.6 Å². The summed E-state index contributed by atoms with van der Waals surface area (Å²) < 4.78 is 11.1. The molecule has 0 bridgehead atoms. The lowest BCUT2D eigenvalue weighted by molar-refractivity contribution is -0.143. The molecule has 1 unspecified atom stereocenters. The van der Waals surface area contributed by atoms with E-state index in [0.717, 1.165) is 19.3 Å². The summed E-state index contributed by atoms with van der Waals surface area (Å²) in [6, 6.07) is 5.94. The van der Waals surface area contributed by atoms with Crippen LogP contribution in [-0.4, -0.2) is 47.4 Å². The molecule has 3 rings (SSSR count). The van der Waals surface area contributed by atoms with Crippen LogP contribution in [0.2, 0.25) is 0 Å². The van der Waals surface area contributed by atoms with Crippen LogP contribution in [-0.2, 0) is 9.53 Å². The van der Waals surface area contributed by atoms with Crippen LogP contribution < -0.4 is 4.74 Å². The molecule has 0 radical (unpaired) electrons. The molecule has 1 aliphatic carbocycles.